The number of halogens is 2. The minimum absolute atomic E-state index is 0.00579. The topological polar surface area (TPSA) is 34.1 Å². The summed E-state index contributed by atoms with van der Waals surface area (Å²) < 4.78 is -0.0431. The minimum atomic E-state index is -0.0373. The van der Waals surface area contributed by atoms with E-state index in [1.54, 1.807) is 0 Å². The van der Waals surface area contributed by atoms with Crippen LogP contribution in [-0.2, 0) is 9.59 Å². The molecule has 1 unspecified atom stereocenters. The Bertz CT molecular complexity index is 157. The summed E-state index contributed by atoms with van der Waals surface area (Å²) in [5.41, 5.74) is 0. The van der Waals surface area contributed by atoms with Crippen molar-refractivity contribution in [3.05, 3.63) is 0 Å². The second kappa shape index (κ2) is 5.89. The van der Waals surface area contributed by atoms with Crippen molar-refractivity contribution in [2.24, 2.45) is 5.92 Å². The molecule has 0 saturated heterocycles. The van der Waals surface area contributed by atoms with Crippen LogP contribution in [0, 0.1) is 5.92 Å². The Morgan fingerprint density at radius 3 is 2.18 bits per heavy atom. The molecule has 2 nitrogen and oxygen atoms in total. The molecule has 0 amide bonds. The van der Waals surface area contributed by atoms with E-state index in [1.807, 2.05) is 6.92 Å². The maximum Gasteiger partial charge on any atom is 0.200 e. The monoisotopic (exact) mass is 284 g/mol. The van der Waals surface area contributed by atoms with Crippen molar-refractivity contribution in [3.8, 4) is 0 Å². The molecule has 0 aliphatic rings. The second-order valence-corrected chi connectivity index (χ2v) is 3.97. The first-order chi connectivity index (χ1) is 5.07. The van der Waals surface area contributed by atoms with Crippen LogP contribution in [0.15, 0.2) is 0 Å². The summed E-state index contributed by atoms with van der Waals surface area (Å²) in [5, 5.41) is 0. The molecule has 0 rings (SSSR count). The van der Waals surface area contributed by atoms with Gasteiger partial charge in [0.2, 0.25) is 4.69 Å². The molecule has 0 aliphatic heterocycles. The fourth-order valence-electron chi connectivity index (χ4n) is 0.766. The predicted molar refractivity (Wildman–Crippen MR) is 50.9 cm³/mol. The zero-order chi connectivity index (χ0) is 8.85. The van der Waals surface area contributed by atoms with Gasteiger partial charge in [-0.25, -0.2) is 0 Å². The van der Waals surface area contributed by atoms with E-state index in [4.69, 9.17) is 0 Å². The highest BCUT2D eigenvalue weighted by Crippen LogP contribution is 2.16. The fourth-order valence-corrected chi connectivity index (χ4v) is 1.55. The maximum absolute atomic E-state index is 10.8. The first-order valence-electron chi connectivity index (χ1n) is 3.45. The van der Waals surface area contributed by atoms with E-state index in [9.17, 15) is 9.59 Å². The largest absolute Gasteiger partial charge is 0.287 e. The smallest absolute Gasteiger partial charge is 0.200 e. The van der Waals surface area contributed by atoms with Crippen LogP contribution in [0.4, 0.5) is 0 Å². The van der Waals surface area contributed by atoms with E-state index in [-0.39, 0.29) is 15.3 Å². The summed E-state index contributed by atoms with van der Waals surface area (Å²) in [6.45, 7) is 1.93. The van der Waals surface area contributed by atoms with E-state index >= 15 is 0 Å². The van der Waals surface area contributed by atoms with Gasteiger partial charge in [0.25, 0.3) is 0 Å². The maximum atomic E-state index is 10.8. The summed E-state index contributed by atoms with van der Waals surface area (Å²) in [7, 11) is 0. The predicted octanol–water partition coefficient (Wildman–Crippen LogP) is 2.64. The van der Waals surface area contributed by atoms with Gasteiger partial charge in [-0.2, -0.15) is 0 Å². The van der Waals surface area contributed by atoms with Crippen molar-refractivity contribution < 1.29 is 9.59 Å². The van der Waals surface area contributed by atoms with E-state index < -0.39 is 0 Å². The molecule has 0 spiro atoms. The van der Waals surface area contributed by atoms with Gasteiger partial charge in [-0.1, -0.05) is 6.92 Å². The third-order valence-electron chi connectivity index (χ3n) is 1.50. The summed E-state index contributed by atoms with van der Waals surface area (Å²) in [5.74, 6) is -0.0171. The van der Waals surface area contributed by atoms with E-state index in [0.717, 1.165) is 6.42 Å². The summed E-state index contributed by atoms with van der Waals surface area (Å²) in [6, 6.07) is 0. The lowest BCUT2D eigenvalue weighted by Gasteiger charge is -2.06. The number of hydrogen-bond acceptors (Lipinski definition) is 2. The van der Waals surface area contributed by atoms with Gasteiger partial charge in [0.05, 0.1) is 0 Å². The zero-order valence-corrected chi connectivity index (χ0v) is 9.44. The molecule has 64 valence electrons. The van der Waals surface area contributed by atoms with Crippen molar-refractivity contribution in [1.82, 2.24) is 0 Å². The van der Waals surface area contributed by atoms with Crippen molar-refractivity contribution in [1.29, 1.82) is 0 Å². The highest BCUT2D eigenvalue weighted by Gasteiger charge is 2.13. The Balaban J connectivity index is 3.70. The molecule has 1 atom stereocenters. The van der Waals surface area contributed by atoms with Crippen LogP contribution < -0.4 is 0 Å². The Morgan fingerprint density at radius 2 is 1.91 bits per heavy atom. The van der Waals surface area contributed by atoms with Crippen LogP contribution >= 0.6 is 31.9 Å². The minimum Gasteiger partial charge on any atom is -0.287 e. The molecule has 0 saturated carbocycles. The average molecular weight is 286 g/mol. The molecule has 0 aliphatic carbocycles. The van der Waals surface area contributed by atoms with Gasteiger partial charge < -0.3 is 0 Å². The number of carbonyl (C=O) groups is 2. The van der Waals surface area contributed by atoms with E-state index in [0.29, 0.717) is 12.8 Å². The molecular weight excluding hydrogens is 276 g/mol. The van der Waals surface area contributed by atoms with Crippen LogP contribution in [0.25, 0.3) is 0 Å². The normalized spacial score (nSPS) is 12.6. The highest BCUT2D eigenvalue weighted by molar-refractivity contribution is 9.18. The second-order valence-electron chi connectivity index (χ2n) is 2.30. The lowest BCUT2D eigenvalue weighted by molar-refractivity contribution is -0.114. The molecule has 0 aromatic heterocycles. The lowest BCUT2D eigenvalue weighted by Crippen LogP contribution is -2.07. The molecule has 4 heteroatoms. The van der Waals surface area contributed by atoms with Gasteiger partial charge in [0.15, 0.2) is 4.69 Å². The molecule has 0 heterocycles. The van der Waals surface area contributed by atoms with Gasteiger partial charge in [-0.05, 0) is 44.7 Å². The van der Waals surface area contributed by atoms with Crippen molar-refractivity contribution >= 4 is 41.2 Å². The van der Waals surface area contributed by atoms with Crippen molar-refractivity contribution in [3.63, 3.8) is 0 Å². The molecule has 0 N–H and O–H groups in total. The molecule has 0 fully saturated rings. The van der Waals surface area contributed by atoms with Crippen LogP contribution in [-0.4, -0.2) is 9.39 Å². The quantitative estimate of drug-likeness (QED) is 0.728. The number of rotatable bonds is 5. The van der Waals surface area contributed by atoms with Gasteiger partial charge >= 0.3 is 0 Å². The third kappa shape index (κ3) is 5.56. The van der Waals surface area contributed by atoms with Crippen LogP contribution in [0.1, 0.15) is 26.2 Å². The van der Waals surface area contributed by atoms with Gasteiger partial charge in [0.1, 0.15) is 0 Å². The van der Waals surface area contributed by atoms with E-state index in [1.165, 1.54) is 0 Å². The Labute approximate surface area is 83.0 Å². The molecular formula is C7H10Br2O2. The summed E-state index contributed by atoms with van der Waals surface area (Å²) in [4.78, 5) is 21.3. The van der Waals surface area contributed by atoms with Gasteiger partial charge in [-0.3, -0.25) is 9.59 Å². The van der Waals surface area contributed by atoms with Crippen LogP contribution in [0.2, 0.25) is 0 Å². The van der Waals surface area contributed by atoms with Crippen LogP contribution in [0.3, 0.4) is 0 Å². The molecule has 0 bridgehead atoms. The fraction of sp³-hybridized carbons (Fsp3) is 0.714. The van der Waals surface area contributed by atoms with Crippen molar-refractivity contribution in [2.45, 2.75) is 26.2 Å². The molecule has 0 aromatic rings. The summed E-state index contributed by atoms with van der Waals surface area (Å²) in [6.07, 6.45) is 1.84. The zero-order valence-electron chi connectivity index (χ0n) is 6.27. The van der Waals surface area contributed by atoms with Gasteiger partial charge in [-0.15, -0.1) is 0 Å². The van der Waals surface area contributed by atoms with Crippen LogP contribution in [0.5, 0.6) is 0 Å². The number of hydrogen-bond donors (Lipinski definition) is 0. The summed E-state index contributed by atoms with van der Waals surface area (Å²) >= 11 is 5.70. The highest BCUT2D eigenvalue weighted by atomic mass is 79.9. The molecule has 11 heavy (non-hydrogen) atoms. The third-order valence-corrected chi connectivity index (χ3v) is 2.55. The SMILES string of the molecule is CCC(CCC(=O)Br)C(=O)Br. The first-order valence-corrected chi connectivity index (χ1v) is 5.04. The molecule has 0 aromatic carbocycles. The average Bonchev–Trinajstić information content (AvgIpc) is 1.87. The lowest BCUT2D eigenvalue weighted by atomic mass is 10.0. The van der Waals surface area contributed by atoms with E-state index in [2.05, 4.69) is 31.9 Å². The van der Waals surface area contributed by atoms with Crippen molar-refractivity contribution in [2.75, 3.05) is 0 Å². The Kier molecular flexibility index (Phi) is 6.05. The Morgan fingerprint density at radius 1 is 1.36 bits per heavy atom. The number of carbonyl (C=O) groups excluding carboxylic acids is 2. The van der Waals surface area contributed by atoms with Gasteiger partial charge in [0, 0.05) is 12.3 Å². The Hall–Kier alpha value is 0.300. The molecule has 0 radical (unpaired) electrons. The first kappa shape index (κ1) is 11.3. The standard InChI is InChI=1S/C7H10Br2O2/c1-2-5(7(9)11)3-4-6(8)10/h5H,2-4H2,1H3.